The maximum absolute atomic E-state index is 13.2. The number of hydrogen-bond donors (Lipinski definition) is 2. The minimum absolute atomic E-state index is 0.0979. The highest BCUT2D eigenvalue weighted by Gasteiger charge is 2.42. The van der Waals surface area contributed by atoms with Crippen molar-refractivity contribution in [2.24, 2.45) is 5.41 Å². The molecule has 0 bridgehead atoms. The van der Waals surface area contributed by atoms with E-state index in [1.54, 1.807) is 0 Å². The van der Waals surface area contributed by atoms with Gasteiger partial charge in [0.05, 0.1) is 5.56 Å². The summed E-state index contributed by atoms with van der Waals surface area (Å²) in [7, 11) is 0. The van der Waals surface area contributed by atoms with Crippen molar-refractivity contribution in [2.45, 2.75) is 44.7 Å². The molecule has 5 nitrogen and oxygen atoms in total. The van der Waals surface area contributed by atoms with Crippen molar-refractivity contribution in [3.05, 3.63) is 61.5 Å². The van der Waals surface area contributed by atoms with Crippen LogP contribution < -0.4 is 10.9 Å². The topological polar surface area (TPSA) is 74.8 Å². The lowest BCUT2D eigenvalue weighted by Gasteiger charge is -2.38. The number of Topliss-reactive ketones (excluding diaryl/α,β-unsaturated/α-hetero) is 1. The molecule has 0 radical (unpaired) electrons. The number of hydrogen-bond acceptors (Lipinski definition) is 5. The molecule has 2 aliphatic rings. The van der Waals surface area contributed by atoms with Gasteiger partial charge < -0.3 is 10.3 Å². The summed E-state index contributed by atoms with van der Waals surface area (Å²) < 4.78 is 0.915. The number of halogens is 1. The number of anilines is 1. The number of nitrogens with zero attached hydrogens (tertiary/aromatic N) is 1. The van der Waals surface area contributed by atoms with Crippen LogP contribution in [0, 0.1) is 5.41 Å². The van der Waals surface area contributed by atoms with Crippen LogP contribution in [0.4, 0.5) is 5.82 Å². The number of H-pyrrole nitrogens is 1. The number of carbonyl (C=O) groups excluding carboxylic acids is 1. The van der Waals surface area contributed by atoms with Crippen LogP contribution in [0.25, 0.3) is 0 Å². The lowest BCUT2D eigenvalue weighted by molar-refractivity contribution is -0.118. The molecular formula is C21H22BrN3O2S. The lowest BCUT2D eigenvalue weighted by atomic mass is 9.69. The number of aromatic nitrogens is 2. The molecule has 0 saturated heterocycles. The number of nitrogens with one attached hydrogen (secondary N) is 2. The van der Waals surface area contributed by atoms with Crippen molar-refractivity contribution >= 4 is 39.3 Å². The molecule has 0 amide bonds. The smallest absolute Gasteiger partial charge is 0.257 e. The molecule has 146 valence electrons. The average molecular weight is 460 g/mol. The Morgan fingerprint density at radius 1 is 1.29 bits per heavy atom. The highest BCUT2D eigenvalue weighted by molar-refractivity contribution is 9.10. The van der Waals surface area contributed by atoms with Gasteiger partial charge in [0.2, 0.25) is 0 Å². The normalized spacial score (nSPS) is 20.4. The van der Waals surface area contributed by atoms with Crippen molar-refractivity contribution in [1.29, 1.82) is 0 Å². The van der Waals surface area contributed by atoms with Crippen molar-refractivity contribution in [2.75, 3.05) is 11.1 Å². The monoisotopic (exact) mass is 459 g/mol. The minimum Gasteiger partial charge on any atom is -0.343 e. The fourth-order valence-corrected chi connectivity index (χ4v) is 5.13. The van der Waals surface area contributed by atoms with Gasteiger partial charge in [-0.05, 0) is 35.3 Å². The highest BCUT2D eigenvalue weighted by atomic mass is 79.9. The molecule has 1 aromatic heterocycles. The van der Waals surface area contributed by atoms with Gasteiger partial charge in [0.1, 0.15) is 5.82 Å². The molecule has 0 saturated carbocycles. The number of carbonyl (C=O) groups is 1. The summed E-state index contributed by atoms with van der Waals surface area (Å²) in [5.74, 6) is 1.06. The molecular weight excluding hydrogens is 438 g/mol. The number of allylic oxidation sites excluding steroid dienone is 2. The maximum atomic E-state index is 13.2. The van der Waals surface area contributed by atoms with E-state index >= 15 is 0 Å². The molecule has 7 heteroatoms. The molecule has 4 rings (SSSR count). The highest BCUT2D eigenvalue weighted by Crippen LogP contribution is 2.47. The average Bonchev–Trinajstić information content (AvgIpc) is 2.59. The summed E-state index contributed by atoms with van der Waals surface area (Å²) in [6, 6.07) is 7.82. The third-order valence-electron chi connectivity index (χ3n) is 5.16. The van der Waals surface area contributed by atoms with E-state index in [0.29, 0.717) is 28.5 Å². The first-order valence-corrected chi connectivity index (χ1v) is 11.1. The number of benzene rings is 1. The van der Waals surface area contributed by atoms with Gasteiger partial charge in [-0.2, -0.15) is 0 Å². The standard InChI is InChI=1S/C21H22BrN3O2S/c1-4-28-20-24-18-17(19(27)25-20)15(11-6-5-7-12(22)8-11)16-13(23-18)9-21(2,3)10-14(16)26/h5-8,15H,4,9-10H2,1-3H3,(H2,23,24,25,27). The van der Waals surface area contributed by atoms with Crippen molar-refractivity contribution < 1.29 is 4.79 Å². The Bertz CT molecular complexity index is 1060. The summed E-state index contributed by atoms with van der Waals surface area (Å²) in [5, 5.41) is 3.94. The van der Waals surface area contributed by atoms with Gasteiger partial charge in [-0.1, -0.05) is 60.6 Å². The molecule has 1 unspecified atom stereocenters. The molecule has 0 fully saturated rings. The van der Waals surface area contributed by atoms with E-state index in [9.17, 15) is 9.59 Å². The van der Waals surface area contributed by atoms with E-state index in [-0.39, 0.29) is 16.8 Å². The first-order chi connectivity index (χ1) is 13.3. The Hall–Kier alpha value is -1.86. The number of thioether (sulfide) groups is 1. The number of rotatable bonds is 3. The predicted octanol–water partition coefficient (Wildman–Crippen LogP) is 4.85. The van der Waals surface area contributed by atoms with Crippen molar-refractivity contribution in [3.8, 4) is 0 Å². The van der Waals surface area contributed by atoms with E-state index in [4.69, 9.17) is 0 Å². The first-order valence-electron chi connectivity index (χ1n) is 9.35. The largest absolute Gasteiger partial charge is 0.343 e. The summed E-state index contributed by atoms with van der Waals surface area (Å²) in [6.45, 7) is 6.22. The van der Waals surface area contributed by atoms with E-state index in [1.807, 2.05) is 31.2 Å². The molecule has 2 aromatic rings. The van der Waals surface area contributed by atoms with Crippen molar-refractivity contribution in [1.82, 2.24) is 9.97 Å². The van der Waals surface area contributed by atoms with E-state index in [2.05, 4.69) is 45.1 Å². The predicted molar refractivity (Wildman–Crippen MR) is 116 cm³/mol. The second kappa shape index (κ2) is 7.19. The first kappa shape index (κ1) is 19.5. The Balaban J connectivity index is 1.96. The van der Waals surface area contributed by atoms with Gasteiger partial charge in [-0.15, -0.1) is 0 Å². The third kappa shape index (κ3) is 3.46. The minimum atomic E-state index is -0.413. The Morgan fingerprint density at radius 3 is 2.79 bits per heavy atom. The van der Waals surface area contributed by atoms with Gasteiger partial charge in [0.15, 0.2) is 10.9 Å². The molecule has 28 heavy (non-hydrogen) atoms. The van der Waals surface area contributed by atoms with Gasteiger partial charge in [0, 0.05) is 28.1 Å². The number of ketones is 1. The van der Waals surface area contributed by atoms with Crippen LogP contribution in [-0.2, 0) is 4.79 Å². The molecule has 2 N–H and O–H groups in total. The molecule has 2 heterocycles. The molecule has 1 aliphatic heterocycles. The summed E-state index contributed by atoms with van der Waals surface area (Å²) in [4.78, 5) is 33.8. The van der Waals surface area contributed by atoms with Gasteiger partial charge >= 0.3 is 0 Å². The summed E-state index contributed by atoms with van der Waals surface area (Å²) in [6.07, 6.45) is 1.23. The Morgan fingerprint density at radius 2 is 2.07 bits per heavy atom. The van der Waals surface area contributed by atoms with Crippen LogP contribution in [0.5, 0.6) is 0 Å². The summed E-state index contributed by atoms with van der Waals surface area (Å²) >= 11 is 5.01. The molecule has 1 atom stereocenters. The second-order valence-electron chi connectivity index (χ2n) is 8.01. The third-order valence-corrected chi connectivity index (χ3v) is 6.41. The van der Waals surface area contributed by atoms with Gasteiger partial charge in [-0.25, -0.2) is 4.98 Å². The zero-order valence-corrected chi connectivity index (χ0v) is 18.5. The Kier molecular flexibility index (Phi) is 5.00. The van der Waals surface area contributed by atoms with Crippen LogP contribution in [-0.4, -0.2) is 21.5 Å². The van der Waals surface area contributed by atoms with E-state index < -0.39 is 5.92 Å². The van der Waals surface area contributed by atoms with E-state index in [1.165, 1.54) is 11.8 Å². The van der Waals surface area contributed by atoms with Gasteiger partial charge in [0.25, 0.3) is 5.56 Å². The van der Waals surface area contributed by atoms with Crippen LogP contribution in [0.1, 0.15) is 50.7 Å². The van der Waals surface area contributed by atoms with Crippen LogP contribution >= 0.6 is 27.7 Å². The van der Waals surface area contributed by atoms with Crippen LogP contribution in [0.2, 0.25) is 0 Å². The molecule has 0 spiro atoms. The Labute approximate surface area is 176 Å². The molecule has 1 aromatic carbocycles. The van der Waals surface area contributed by atoms with Gasteiger partial charge in [-0.3, -0.25) is 9.59 Å². The zero-order valence-electron chi connectivity index (χ0n) is 16.1. The maximum Gasteiger partial charge on any atom is 0.257 e. The zero-order chi connectivity index (χ0) is 20.1. The second-order valence-corrected chi connectivity index (χ2v) is 10.2. The lowest BCUT2D eigenvalue weighted by Crippen LogP contribution is -2.37. The van der Waals surface area contributed by atoms with Crippen LogP contribution in [0.3, 0.4) is 0 Å². The fourth-order valence-electron chi connectivity index (χ4n) is 4.12. The van der Waals surface area contributed by atoms with Crippen LogP contribution in [0.15, 0.2) is 50.0 Å². The fraction of sp³-hybridized carbons (Fsp3) is 0.381. The number of aromatic amines is 1. The molecule has 1 aliphatic carbocycles. The number of fused-ring (bicyclic) bond motifs is 1. The van der Waals surface area contributed by atoms with Crippen molar-refractivity contribution in [3.63, 3.8) is 0 Å². The quantitative estimate of drug-likeness (QED) is 0.506. The summed E-state index contributed by atoms with van der Waals surface area (Å²) in [5.41, 5.74) is 2.72. The SMILES string of the molecule is CCSc1nc2c(c(=O)[nH]1)C(c1cccc(Br)c1)C1=C(CC(C)(C)CC1=O)N2. The van der Waals surface area contributed by atoms with E-state index in [0.717, 1.165) is 27.9 Å².